The number of hydrogen-bond acceptors (Lipinski definition) is 6. The van der Waals surface area contributed by atoms with Crippen molar-refractivity contribution in [1.82, 2.24) is 9.78 Å². The van der Waals surface area contributed by atoms with Crippen LogP contribution in [0.5, 0.6) is 11.5 Å². The van der Waals surface area contributed by atoms with E-state index in [4.69, 9.17) is 9.47 Å². The summed E-state index contributed by atoms with van der Waals surface area (Å²) in [5.41, 5.74) is 2.04. The van der Waals surface area contributed by atoms with E-state index >= 15 is 0 Å². The van der Waals surface area contributed by atoms with Crippen LogP contribution in [0, 0.1) is 0 Å². The van der Waals surface area contributed by atoms with Gasteiger partial charge in [0.05, 0.1) is 30.7 Å². The lowest BCUT2D eigenvalue weighted by Crippen LogP contribution is -2.23. The number of methoxy groups -OCH3 is 1. The molecule has 3 heterocycles. The number of ether oxygens (including phenoxy) is 2. The monoisotopic (exact) mass is 397 g/mol. The molecule has 1 amide bonds. The lowest BCUT2D eigenvalue weighted by molar-refractivity contribution is -0.113. The van der Waals surface area contributed by atoms with Crippen LogP contribution in [-0.2, 0) is 11.3 Å². The zero-order valence-corrected chi connectivity index (χ0v) is 16.0. The van der Waals surface area contributed by atoms with Crippen molar-refractivity contribution in [2.75, 3.05) is 25.6 Å². The molecule has 0 atom stereocenters. The van der Waals surface area contributed by atoms with E-state index in [9.17, 15) is 9.90 Å². The maximum Gasteiger partial charge on any atom is 0.256 e. The van der Waals surface area contributed by atoms with Gasteiger partial charge in [-0.2, -0.15) is 5.10 Å². The zero-order valence-electron chi connectivity index (χ0n) is 15.2. The number of hydrogen-bond donors (Lipinski definition) is 2. The van der Waals surface area contributed by atoms with Crippen LogP contribution in [0.2, 0.25) is 0 Å². The summed E-state index contributed by atoms with van der Waals surface area (Å²) in [6.07, 6.45) is 1.80. The lowest BCUT2D eigenvalue weighted by atomic mass is 10.1. The molecule has 3 aromatic rings. The first-order valence-electron chi connectivity index (χ1n) is 8.74. The third-order valence-electron chi connectivity index (χ3n) is 4.33. The quantitative estimate of drug-likeness (QED) is 0.668. The fourth-order valence-corrected chi connectivity index (χ4v) is 3.68. The number of aliphatic hydroxyl groups excluding tert-OH is 1. The number of aromatic nitrogens is 2. The molecule has 7 nitrogen and oxygen atoms in total. The van der Waals surface area contributed by atoms with E-state index in [0.29, 0.717) is 22.9 Å². The average molecular weight is 397 g/mol. The normalized spacial score (nSPS) is 12.7. The molecule has 1 aromatic carbocycles. The average Bonchev–Trinajstić information content (AvgIpc) is 3.38. The van der Waals surface area contributed by atoms with Crippen LogP contribution in [0.4, 0.5) is 5.82 Å². The van der Waals surface area contributed by atoms with Crippen LogP contribution in [0.15, 0.2) is 47.4 Å². The minimum absolute atomic E-state index is 0.0760. The molecule has 0 aliphatic carbocycles. The lowest BCUT2D eigenvalue weighted by Gasteiger charge is -2.19. The molecule has 0 bridgehead atoms. The van der Waals surface area contributed by atoms with Crippen LogP contribution in [0.1, 0.15) is 5.56 Å². The molecule has 4 rings (SSSR count). The molecule has 2 N–H and O–H groups in total. The maximum atomic E-state index is 12.8. The summed E-state index contributed by atoms with van der Waals surface area (Å²) in [6.45, 7) is 0.356. The van der Waals surface area contributed by atoms with Gasteiger partial charge in [0.15, 0.2) is 11.5 Å². The fraction of sp³-hybridized carbons (Fsp3) is 0.200. The Morgan fingerprint density at radius 3 is 3.04 bits per heavy atom. The molecule has 28 heavy (non-hydrogen) atoms. The van der Waals surface area contributed by atoms with Gasteiger partial charge >= 0.3 is 0 Å². The Morgan fingerprint density at radius 1 is 1.39 bits per heavy atom. The molecule has 1 aliphatic heterocycles. The predicted octanol–water partition coefficient (Wildman–Crippen LogP) is 3.03. The van der Waals surface area contributed by atoms with Gasteiger partial charge in [0, 0.05) is 11.6 Å². The minimum Gasteiger partial charge on any atom is -0.493 e. The number of carbonyl (C=O) groups is 1. The largest absolute Gasteiger partial charge is 0.493 e. The third kappa shape index (κ3) is 3.51. The summed E-state index contributed by atoms with van der Waals surface area (Å²) >= 11 is 1.56. The molecule has 0 saturated carbocycles. The number of thiophene rings is 1. The Hall–Kier alpha value is -3.10. The van der Waals surface area contributed by atoms with Gasteiger partial charge in [0.1, 0.15) is 18.1 Å². The summed E-state index contributed by atoms with van der Waals surface area (Å²) in [4.78, 5) is 13.8. The van der Waals surface area contributed by atoms with Crippen molar-refractivity contribution in [3.05, 3.63) is 52.9 Å². The van der Waals surface area contributed by atoms with Crippen LogP contribution in [-0.4, -0.2) is 41.1 Å². The zero-order chi connectivity index (χ0) is 19.5. The van der Waals surface area contributed by atoms with Crippen molar-refractivity contribution in [3.63, 3.8) is 0 Å². The van der Waals surface area contributed by atoms with E-state index < -0.39 is 0 Å². The van der Waals surface area contributed by atoms with E-state index in [1.807, 2.05) is 35.7 Å². The van der Waals surface area contributed by atoms with Crippen LogP contribution >= 0.6 is 11.3 Å². The van der Waals surface area contributed by atoms with E-state index in [1.54, 1.807) is 35.3 Å². The van der Waals surface area contributed by atoms with Crippen LogP contribution in [0.25, 0.3) is 16.6 Å². The van der Waals surface area contributed by atoms with E-state index in [2.05, 4.69) is 10.4 Å². The van der Waals surface area contributed by atoms with Gasteiger partial charge in [0.2, 0.25) is 0 Å². The van der Waals surface area contributed by atoms with Gasteiger partial charge in [-0.1, -0.05) is 18.2 Å². The van der Waals surface area contributed by atoms with Crippen molar-refractivity contribution in [2.24, 2.45) is 0 Å². The van der Waals surface area contributed by atoms with Crippen molar-refractivity contribution in [1.29, 1.82) is 0 Å². The van der Waals surface area contributed by atoms with Crippen molar-refractivity contribution >= 4 is 29.1 Å². The minimum atomic E-state index is -0.273. The Balaban J connectivity index is 1.59. The summed E-state index contributed by atoms with van der Waals surface area (Å²) in [6, 6.07) is 11.2. The molecular weight excluding hydrogens is 378 g/mol. The topological polar surface area (TPSA) is 85.6 Å². The number of nitrogens with zero attached hydrogens (tertiary/aromatic N) is 2. The number of rotatable bonds is 6. The molecular formula is C20H19N3O4S. The first-order valence-corrected chi connectivity index (χ1v) is 9.62. The summed E-state index contributed by atoms with van der Waals surface area (Å²) in [5, 5.41) is 18.6. The van der Waals surface area contributed by atoms with Gasteiger partial charge < -0.3 is 19.9 Å². The molecule has 144 valence electrons. The van der Waals surface area contributed by atoms with Crippen LogP contribution < -0.4 is 14.8 Å². The van der Waals surface area contributed by atoms with Gasteiger partial charge in [-0.25, -0.2) is 4.68 Å². The maximum absolute atomic E-state index is 12.8. The van der Waals surface area contributed by atoms with Gasteiger partial charge in [-0.15, -0.1) is 11.3 Å². The third-order valence-corrected chi connectivity index (χ3v) is 5.22. The van der Waals surface area contributed by atoms with Crippen LogP contribution in [0.3, 0.4) is 0 Å². The van der Waals surface area contributed by atoms with E-state index in [0.717, 1.165) is 16.1 Å². The highest BCUT2D eigenvalue weighted by atomic mass is 32.1. The Morgan fingerprint density at radius 2 is 2.29 bits per heavy atom. The molecule has 0 saturated heterocycles. The molecule has 0 spiro atoms. The number of nitrogens with one attached hydrogen (secondary N) is 1. The molecule has 0 radical (unpaired) electrons. The highest BCUT2D eigenvalue weighted by molar-refractivity contribution is 7.13. The fourth-order valence-electron chi connectivity index (χ4n) is 3.00. The molecule has 1 aliphatic rings. The highest BCUT2D eigenvalue weighted by Crippen LogP contribution is 2.35. The Labute approximate surface area is 165 Å². The highest BCUT2D eigenvalue weighted by Gasteiger charge is 2.21. The first kappa shape index (κ1) is 18.3. The van der Waals surface area contributed by atoms with Crippen molar-refractivity contribution < 1.29 is 19.4 Å². The Kier molecular flexibility index (Phi) is 5.14. The van der Waals surface area contributed by atoms with Gasteiger partial charge in [0.25, 0.3) is 5.91 Å². The summed E-state index contributed by atoms with van der Waals surface area (Å²) < 4.78 is 12.6. The van der Waals surface area contributed by atoms with Gasteiger partial charge in [-0.3, -0.25) is 4.79 Å². The second-order valence-corrected chi connectivity index (χ2v) is 7.08. The SMILES string of the molecule is COc1cccc2c1OCC(C(=O)Nc1cc(-c3cccs3)nn1CCO)=C2. The first-order chi connectivity index (χ1) is 13.7. The predicted molar refractivity (Wildman–Crippen MR) is 108 cm³/mol. The van der Waals surface area contributed by atoms with Crippen molar-refractivity contribution in [3.8, 4) is 22.1 Å². The second kappa shape index (κ2) is 7.87. The Bertz CT molecular complexity index is 1020. The number of carbonyl (C=O) groups excluding carboxylic acids is 1. The van der Waals surface area contributed by atoms with Crippen molar-refractivity contribution in [2.45, 2.75) is 6.54 Å². The summed E-state index contributed by atoms with van der Waals surface area (Å²) in [7, 11) is 1.58. The van der Waals surface area contributed by atoms with Gasteiger partial charge in [-0.05, 0) is 23.6 Å². The van der Waals surface area contributed by atoms with E-state index in [1.165, 1.54) is 0 Å². The number of benzene rings is 1. The van der Waals surface area contributed by atoms with E-state index in [-0.39, 0.29) is 25.7 Å². The number of anilines is 1. The number of aliphatic hydroxyl groups is 1. The smallest absolute Gasteiger partial charge is 0.256 e. The number of fused-ring (bicyclic) bond motifs is 1. The molecule has 0 unspecified atom stereocenters. The molecule has 0 fully saturated rings. The number of para-hydroxylation sites is 1. The second-order valence-electron chi connectivity index (χ2n) is 6.13. The standard InChI is InChI=1S/C20H19N3O4S/c1-26-16-5-2-4-13-10-14(12-27-19(13)16)20(25)21-18-11-15(17-6-3-9-28-17)22-23(18)7-8-24/h2-6,9-11,24H,7-8,12H2,1H3,(H,21,25). The number of amides is 1. The summed E-state index contributed by atoms with van der Waals surface area (Å²) in [5.74, 6) is 1.52. The molecule has 8 heteroatoms. The molecule has 2 aromatic heterocycles.